The van der Waals surface area contributed by atoms with Crippen LogP contribution in [0.1, 0.15) is 29.7 Å². The molecule has 1 unspecified atom stereocenters. The summed E-state index contributed by atoms with van der Waals surface area (Å²) in [6, 6.07) is 2.09. The molecule has 1 atom stereocenters. The van der Waals surface area contributed by atoms with Crippen LogP contribution in [0, 0.1) is 0 Å². The van der Waals surface area contributed by atoms with Gasteiger partial charge in [-0.15, -0.1) is 0 Å². The van der Waals surface area contributed by atoms with Crippen LogP contribution in [0.15, 0.2) is 6.07 Å². The highest BCUT2D eigenvalue weighted by Gasteiger charge is 2.26. The molecule has 2 aliphatic rings. The van der Waals surface area contributed by atoms with Gasteiger partial charge in [-0.05, 0) is 37.3 Å². The van der Waals surface area contributed by atoms with Crippen LogP contribution in [-0.2, 0) is 12.8 Å². The quantitative estimate of drug-likeness (QED) is 0.772. The second-order valence-corrected chi connectivity index (χ2v) is 5.51. The number of nitrogens with two attached hydrogens (primary N) is 1. The molecule has 5 heteroatoms. The highest BCUT2D eigenvalue weighted by molar-refractivity contribution is 7.80. The van der Waals surface area contributed by atoms with Gasteiger partial charge in [0.25, 0.3) is 0 Å². The number of anilines is 1. The zero-order valence-electron chi connectivity index (χ0n) is 10.2. The fourth-order valence-corrected chi connectivity index (χ4v) is 2.97. The Hall–Kier alpha value is -1.20. The maximum atomic E-state index is 9.65. The number of aromatic nitrogens is 1. The molecule has 18 heavy (non-hydrogen) atoms. The Labute approximate surface area is 112 Å². The molecule has 1 aromatic heterocycles. The minimum atomic E-state index is -0.265. The molecule has 0 radical (unpaired) electrons. The van der Waals surface area contributed by atoms with E-state index in [0.717, 1.165) is 43.6 Å². The fraction of sp³-hybridized carbons (Fsp3) is 0.538. The highest BCUT2D eigenvalue weighted by atomic mass is 32.1. The fourth-order valence-electron chi connectivity index (χ4n) is 2.82. The molecule has 96 valence electrons. The van der Waals surface area contributed by atoms with Crippen LogP contribution >= 0.6 is 12.2 Å². The van der Waals surface area contributed by atoms with E-state index in [2.05, 4.69) is 11.0 Å². The third-order valence-corrected chi connectivity index (χ3v) is 3.98. The van der Waals surface area contributed by atoms with E-state index >= 15 is 0 Å². The Morgan fingerprint density at radius 3 is 3.00 bits per heavy atom. The number of aryl methyl sites for hydroxylation is 2. The molecule has 1 aliphatic carbocycles. The maximum Gasteiger partial charge on any atom is 0.139 e. The SMILES string of the molecule is NC(=S)c1cc2c(nc1N1CCC(O)C1)CCC2. The van der Waals surface area contributed by atoms with Gasteiger partial charge in [0.2, 0.25) is 0 Å². The Kier molecular flexibility index (Phi) is 2.95. The molecule has 3 rings (SSSR count). The first-order chi connectivity index (χ1) is 8.65. The average Bonchev–Trinajstić information content (AvgIpc) is 2.94. The zero-order chi connectivity index (χ0) is 12.7. The normalized spacial score (nSPS) is 22.3. The number of aliphatic hydroxyl groups excluding tert-OH is 1. The second kappa shape index (κ2) is 4.48. The molecule has 0 amide bonds. The number of nitrogens with zero attached hydrogens (tertiary/aromatic N) is 2. The van der Waals surface area contributed by atoms with Gasteiger partial charge in [0, 0.05) is 18.8 Å². The Balaban J connectivity index is 2.04. The van der Waals surface area contributed by atoms with Crippen molar-refractivity contribution in [2.45, 2.75) is 31.8 Å². The van der Waals surface area contributed by atoms with Crippen molar-refractivity contribution in [3.8, 4) is 0 Å². The Bertz CT molecular complexity index is 503. The summed E-state index contributed by atoms with van der Waals surface area (Å²) in [6.45, 7) is 1.45. The predicted octanol–water partition coefficient (Wildman–Crippen LogP) is 0.776. The lowest BCUT2D eigenvalue weighted by molar-refractivity contribution is 0.198. The van der Waals surface area contributed by atoms with Gasteiger partial charge in [0.1, 0.15) is 10.8 Å². The monoisotopic (exact) mass is 263 g/mol. The summed E-state index contributed by atoms with van der Waals surface area (Å²) in [5.74, 6) is 0.861. The molecule has 0 bridgehead atoms. The lowest BCUT2D eigenvalue weighted by atomic mass is 10.1. The molecule has 0 saturated carbocycles. The van der Waals surface area contributed by atoms with E-state index in [9.17, 15) is 5.11 Å². The van der Waals surface area contributed by atoms with E-state index in [1.807, 2.05) is 0 Å². The number of rotatable bonds is 2. The maximum absolute atomic E-state index is 9.65. The Morgan fingerprint density at radius 2 is 2.33 bits per heavy atom. The van der Waals surface area contributed by atoms with Crippen LogP contribution in [0.2, 0.25) is 0 Å². The minimum absolute atomic E-state index is 0.265. The summed E-state index contributed by atoms with van der Waals surface area (Å²) in [5.41, 5.74) is 9.13. The largest absolute Gasteiger partial charge is 0.391 e. The molecule has 1 aliphatic heterocycles. The third-order valence-electron chi connectivity index (χ3n) is 3.76. The van der Waals surface area contributed by atoms with Gasteiger partial charge in [-0.3, -0.25) is 0 Å². The van der Waals surface area contributed by atoms with E-state index in [0.29, 0.717) is 11.5 Å². The van der Waals surface area contributed by atoms with Crippen LogP contribution in [-0.4, -0.2) is 34.3 Å². The molecular weight excluding hydrogens is 246 g/mol. The predicted molar refractivity (Wildman–Crippen MR) is 75.0 cm³/mol. The standard InChI is InChI=1S/C13H17N3OS/c14-12(18)10-6-8-2-1-3-11(8)15-13(10)16-5-4-9(17)7-16/h6,9,17H,1-5,7H2,(H2,14,18). The lowest BCUT2D eigenvalue weighted by Crippen LogP contribution is -2.26. The van der Waals surface area contributed by atoms with Crippen molar-refractivity contribution in [3.05, 3.63) is 22.9 Å². The molecule has 3 N–H and O–H groups in total. The van der Waals surface area contributed by atoms with E-state index < -0.39 is 0 Å². The van der Waals surface area contributed by atoms with Crippen LogP contribution < -0.4 is 10.6 Å². The van der Waals surface area contributed by atoms with Crippen molar-refractivity contribution < 1.29 is 5.11 Å². The van der Waals surface area contributed by atoms with Crippen molar-refractivity contribution in [1.82, 2.24) is 4.98 Å². The summed E-state index contributed by atoms with van der Waals surface area (Å²) >= 11 is 5.13. The summed E-state index contributed by atoms with van der Waals surface area (Å²) in [5, 5.41) is 9.65. The van der Waals surface area contributed by atoms with Gasteiger partial charge in [-0.25, -0.2) is 4.98 Å². The van der Waals surface area contributed by atoms with Crippen LogP contribution in [0.25, 0.3) is 0 Å². The van der Waals surface area contributed by atoms with Crippen molar-refractivity contribution >= 4 is 23.0 Å². The van der Waals surface area contributed by atoms with Gasteiger partial charge in [-0.2, -0.15) is 0 Å². The molecule has 1 saturated heterocycles. The Morgan fingerprint density at radius 1 is 1.50 bits per heavy atom. The summed E-state index contributed by atoms with van der Waals surface area (Å²) in [4.78, 5) is 7.23. The van der Waals surface area contributed by atoms with Gasteiger partial charge in [-0.1, -0.05) is 12.2 Å². The summed E-state index contributed by atoms with van der Waals surface area (Å²) in [7, 11) is 0. The van der Waals surface area contributed by atoms with Crippen molar-refractivity contribution in [1.29, 1.82) is 0 Å². The molecule has 0 aromatic carbocycles. The van der Waals surface area contributed by atoms with E-state index in [1.54, 1.807) is 0 Å². The number of fused-ring (bicyclic) bond motifs is 1. The number of thiocarbonyl (C=S) groups is 1. The number of aliphatic hydroxyl groups is 1. The van der Waals surface area contributed by atoms with E-state index in [4.69, 9.17) is 22.9 Å². The van der Waals surface area contributed by atoms with Crippen molar-refractivity contribution in [3.63, 3.8) is 0 Å². The van der Waals surface area contributed by atoms with Crippen LogP contribution in [0.5, 0.6) is 0 Å². The van der Waals surface area contributed by atoms with E-state index in [1.165, 1.54) is 11.3 Å². The lowest BCUT2D eigenvalue weighted by Gasteiger charge is -2.21. The first-order valence-electron chi connectivity index (χ1n) is 6.41. The number of hydrogen-bond donors (Lipinski definition) is 2. The molecule has 4 nitrogen and oxygen atoms in total. The molecule has 0 spiro atoms. The second-order valence-electron chi connectivity index (χ2n) is 5.07. The zero-order valence-corrected chi connectivity index (χ0v) is 11.0. The number of hydrogen-bond acceptors (Lipinski definition) is 4. The number of pyridine rings is 1. The minimum Gasteiger partial charge on any atom is -0.391 e. The summed E-state index contributed by atoms with van der Waals surface area (Å²) in [6.07, 6.45) is 3.79. The first kappa shape index (κ1) is 11.9. The molecule has 1 fully saturated rings. The topological polar surface area (TPSA) is 62.4 Å². The van der Waals surface area contributed by atoms with Gasteiger partial charge < -0.3 is 15.7 Å². The molecule has 2 heterocycles. The van der Waals surface area contributed by atoms with Crippen molar-refractivity contribution in [2.75, 3.05) is 18.0 Å². The van der Waals surface area contributed by atoms with Crippen molar-refractivity contribution in [2.24, 2.45) is 5.73 Å². The van der Waals surface area contributed by atoms with Gasteiger partial charge in [0.05, 0.1) is 11.7 Å². The molecule has 1 aromatic rings. The number of β-amino-alcohol motifs (C(OH)–C–C–N with tert-alkyl or cyclic N) is 1. The van der Waals surface area contributed by atoms with Crippen LogP contribution in [0.3, 0.4) is 0 Å². The average molecular weight is 263 g/mol. The molecular formula is C13H17N3OS. The smallest absolute Gasteiger partial charge is 0.139 e. The third kappa shape index (κ3) is 1.97. The first-order valence-corrected chi connectivity index (χ1v) is 6.81. The van der Waals surface area contributed by atoms with Crippen LogP contribution in [0.4, 0.5) is 5.82 Å². The van der Waals surface area contributed by atoms with E-state index in [-0.39, 0.29) is 6.10 Å². The van der Waals surface area contributed by atoms with Gasteiger partial charge in [0.15, 0.2) is 0 Å². The highest BCUT2D eigenvalue weighted by Crippen LogP contribution is 2.29. The summed E-state index contributed by atoms with van der Waals surface area (Å²) < 4.78 is 0. The van der Waals surface area contributed by atoms with Gasteiger partial charge >= 0.3 is 0 Å².